The predicted octanol–water partition coefficient (Wildman–Crippen LogP) is 6.26. The van der Waals surface area contributed by atoms with Crippen LogP contribution in [0.5, 0.6) is 5.75 Å². The lowest BCUT2D eigenvalue weighted by Crippen LogP contribution is -2.29. The molecule has 182 valence electrons. The van der Waals surface area contributed by atoms with E-state index < -0.39 is 0 Å². The molecule has 1 N–H and O–H groups in total. The summed E-state index contributed by atoms with van der Waals surface area (Å²) in [5, 5.41) is 3.70. The molecule has 0 fully saturated rings. The van der Waals surface area contributed by atoms with E-state index in [0.717, 1.165) is 71.0 Å². The zero-order valence-corrected chi connectivity index (χ0v) is 21.1. The molecule has 0 aliphatic carbocycles. The normalized spacial score (nSPS) is 11.1. The molecule has 0 atom stereocenters. The third-order valence-corrected chi connectivity index (χ3v) is 6.34. The molecule has 3 aromatic carbocycles. The first-order valence-corrected chi connectivity index (χ1v) is 12.5. The largest absolute Gasteiger partial charge is 0.483 e. The monoisotopic (exact) mass is 489 g/mol. The van der Waals surface area contributed by atoms with E-state index in [1.54, 1.807) is 0 Å². The number of aryl methyl sites for hydroxylation is 3. The first kappa shape index (κ1) is 24.8. The van der Waals surface area contributed by atoms with Crippen molar-refractivity contribution in [3.05, 3.63) is 94.3 Å². The molecule has 0 saturated heterocycles. The molecule has 0 spiro atoms. The second-order valence-corrected chi connectivity index (χ2v) is 9.38. The van der Waals surface area contributed by atoms with E-state index in [0.29, 0.717) is 6.54 Å². The molecular weight excluding hydrogens is 458 g/mol. The molecule has 6 heteroatoms. The van der Waals surface area contributed by atoms with E-state index in [1.807, 2.05) is 50.2 Å². The number of nitrogens with zero attached hydrogens (tertiary/aromatic N) is 2. The highest BCUT2D eigenvalue weighted by Gasteiger charge is 2.11. The molecular formula is C29H32ClN3O2. The third-order valence-electron chi connectivity index (χ3n) is 6.09. The summed E-state index contributed by atoms with van der Waals surface area (Å²) in [6, 6.07) is 22.3. The van der Waals surface area contributed by atoms with Crippen LogP contribution in [-0.2, 0) is 17.8 Å². The van der Waals surface area contributed by atoms with E-state index in [-0.39, 0.29) is 12.5 Å². The van der Waals surface area contributed by atoms with Crippen LogP contribution in [-0.4, -0.2) is 28.6 Å². The molecule has 1 amide bonds. The van der Waals surface area contributed by atoms with Crippen LogP contribution in [0, 0.1) is 13.8 Å². The molecule has 5 nitrogen and oxygen atoms in total. The maximum absolute atomic E-state index is 12.1. The van der Waals surface area contributed by atoms with Crippen LogP contribution >= 0.6 is 11.6 Å². The molecule has 0 bridgehead atoms. The van der Waals surface area contributed by atoms with E-state index >= 15 is 0 Å². The zero-order chi connectivity index (χ0) is 24.6. The molecule has 1 heterocycles. The Morgan fingerprint density at radius 2 is 1.80 bits per heavy atom. The van der Waals surface area contributed by atoms with Gasteiger partial charge in [-0.15, -0.1) is 0 Å². The quantitative estimate of drug-likeness (QED) is 0.253. The number of fused-ring (bicyclic) bond motifs is 1. The second-order valence-electron chi connectivity index (χ2n) is 8.95. The summed E-state index contributed by atoms with van der Waals surface area (Å²) in [6.07, 6.45) is 3.85. The number of unbranched alkanes of at least 4 members (excludes halogenated alkanes) is 2. The van der Waals surface area contributed by atoms with Crippen molar-refractivity contribution in [1.82, 2.24) is 14.9 Å². The summed E-state index contributed by atoms with van der Waals surface area (Å²) in [5.41, 5.74) is 5.52. The van der Waals surface area contributed by atoms with Crippen molar-refractivity contribution in [3.63, 3.8) is 0 Å². The molecule has 0 aliphatic heterocycles. The van der Waals surface area contributed by atoms with Gasteiger partial charge in [0.25, 0.3) is 5.91 Å². The van der Waals surface area contributed by atoms with Gasteiger partial charge in [0.2, 0.25) is 0 Å². The maximum atomic E-state index is 12.1. The highest BCUT2D eigenvalue weighted by molar-refractivity contribution is 6.30. The van der Waals surface area contributed by atoms with Gasteiger partial charge in [-0.25, -0.2) is 4.98 Å². The van der Waals surface area contributed by atoms with Crippen LogP contribution in [0.15, 0.2) is 66.7 Å². The Kier molecular flexibility index (Phi) is 8.43. The number of para-hydroxylation sites is 2. The van der Waals surface area contributed by atoms with Crippen molar-refractivity contribution in [2.45, 2.75) is 46.1 Å². The summed E-state index contributed by atoms with van der Waals surface area (Å²) in [6.45, 7) is 5.45. The highest BCUT2D eigenvalue weighted by Crippen LogP contribution is 2.21. The lowest BCUT2D eigenvalue weighted by atomic mass is 10.1. The summed E-state index contributed by atoms with van der Waals surface area (Å²) >= 11 is 6.05. The van der Waals surface area contributed by atoms with Crippen LogP contribution in [0.1, 0.15) is 41.8 Å². The first-order valence-electron chi connectivity index (χ1n) is 12.1. The van der Waals surface area contributed by atoms with Crippen LogP contribution in [0.4, 0.5) is 0 Å². The van der Waals surface area contributed by atoms with Crippen molar-refractivity contribution in [1.29, 1.82) is 0 Å². The maximum Gasteiger partial charge on any atom is 0.257 e. The van der Waals surface area contributed by atoms with Crippen molar-refractivity contribution >= 4 is 28.5 Å². The Morgan fingerprint density at radius 3 is 2.63 bits per heavy atom. The van der Waals surface area contributed by atoms with Gasteiger partial charge < -0.3 is 14.6 Å². The number of carbonyl (C=O) groups excluding carboxylic acids is 1. The van der Waals surface area contributed by atoms with E-state index in [9.17, 15) is 4.79 Å². The lowest BCUT2D eigenvalue weighted by molar-refractivity contribution is -0.123. The van der Waals surface area contributed by atoms with Crippen LogP contribution in [0.2, 0.25) is 5.02 Å². The molecule has 0 saturated carbocycles. The van der Waals surface area contributed by atoms with Gasteiger partial charge in [-0.05, 0) is 73.7 Å². The lowest BCUT2D eigenvalue weighted by Gasteiger charge is -2.11. The van der Waals surface area contributed by atoms with E-state index in [1.165, 1.54) is 5.56 Å². The zero-order valence-electron chi connectivity index (χ0n) is 20.4. The van der Waals surface area contributed by atoms with Crippen LogP contribution < -0.4 is 10.1 Å². The summed E-state index contributed by atoms with van der Waals surface area (Å²) in [5.74, 6) is 1.77. The average molecular weight is 490 g/mol. The second kappa shape index (κ2) is 11.9. The Balaban J connectivity index is 1.24. The van der Waals surface area contributed by atoms with Crippen molar-refractivity contribution in [2.75, 3.05) is 13.2 Å². The number of amides is 1. The fraction of sp³-hybridized carbons (Fsp3) is 0.310. The number of hydrogen-bond acceptors (Lipinski definition) is 3. The van der Waals surface area contributed by atoms with Gasteiger partial charge in [0.05, 0.1) is 11.0 Å². The Labute approximate surface area is 212 Å². The van der Waals surface area contributed by atoms with Crippen molar-refractivity contribution in [2.24, 2.45) is 0 Å². The standard InChI is InChI=1S/C29H32ClN3O2/c1-21-11-12-22(2)27(18-21)35-20-29(34)31-17-7-3-4-10-28-32-25-8-5-6-9-26(25)33(28)19-23-13-15-24(30)16-14-23/h5-6,8-9,11-16,18H,3-4,7,10,17,19-20H2,1-2H3,(H,31,34). The number of carbonyl (C=O) groups is 1. The van der Waals surface area contributed by atoms with Gasteiger partial charge in [-0.1, -0.05) is 54.4 Å². The number of aromatic nitrogens is 2. The third kappa shape index (κ3) is 6.86. The molecule has 0 unspecified atom stereocenters. The molecule has 1 aromatic heterocycles. The Morgan fingerprint density at radius 1 is 1.00 bits per heavy atom. The fourth-order valence-electron chi connectivity index (χ4n) is 4.13. The number of hydrogen-bond donors (Lipinski definition) is 1. The molecule has 0 aliphatic rings. The topological polar surface area (TPSA) is 56.1 Å². The summed E-state index contributed by atoms with van der Waals surface area (Å²) < 4.78 is 7.98. The number of imidazole rings is 1. The minimum atomic E-state index is -0.0873. The number of benzene rings is 3. The van der Waals surface area contributed by atoms with Crippen molar-refractivity contribution in [3.8, 4) is 5.75 Å². The van der Waals surface area contributed by atoms with Gasteiger partial charge in [-0.2, -0.15) is 0 Å². The fourth-order valence-corrected chi connectivity index (χ4v) is 4.26. The van der Waals surface area contributed by atoms with Gasteiger partial charge >= 0.3 is 0 Å². The minimum Gasteiger partial charge on any atom is -0.483 e. The smallest absolute Gasteiger partial charge is 0.257 e. The molecule has 0 radical (unpaired) electrons. The summed E-state index contributed by atoms with van der Waals surface area (Å²) in [4.78, 5) is 17.0. The molecule has 35 heavy (non-hydrogen) atoms. The van der Waals surface area contributed by atoms with Gasteiger partial charge in [-0.3, -0.25) is 4.79 Å². The van der Waals surface area contributed by atoms with E-state index in [2.05, 4.69) is 40.2 Å². The Hall–Kier alpha value is -3.31. The van der Waals surface area contributed by atoms with Gasteiger partial charge in [0.15, 0.2) is 6.61 Å². The number of nitrogens with one attached hydrogen (secondary N) is 1. The predicted molar refractivity (Wildman–Crippen MR) is 142 cm³/mol. The number of halogens is 1. The SMILES string of the molecule is Cc1ccc(C)c(OCC(=O)NCCCCCc2nc3ccccc3n2Cc2ccc(Cl)cc2)c1. The van der Waals surface area contributed by atoms with Crippen LogP contribution in [0.3, 0.4) is 0 Å². The minimum absolute atomic E-state index is 0.0407. The first-order chi connectivity index (χ1) is 17.0. The Bertz CT molecular complexity index is 1280. The number of rotatable bonds is 11. The van der Waals surface area contributed by atoms with Crippen LogP contribution in [0.25, 0.3) is 11.0 Å². The van der Waals surface area contributed by atoms with E-state index in [4.69, 9.17) is 21.3 Å². The van der Waals surface area contributed by atoms with Crippen molar-refractivity contribution < 1.29 is 9.53 Å². The molecule has 4 aromatic rings. The number of ether oxygens (including phenoxy) is 1. The molecule has 4 rings (SSSR count). The average Bonchev–Trinajstić information content (AvgIpc) is 3.20. The van der Waals surface area contributed by atoms with Gasteiger partial charge in [0.1, 0.15) is 11.6 Å². The summed E-state index contributed by atoms with van der Waals surface area (Å²) in [7, 11) is 0. The van der Waals surface area contributed by atoms with Gasteiger partial charge in [0, 0.05) is 24.5 Å². The highest BCUT2D eigenvalue weighted by atomic mass is 35.5.